The molecule has 1 aliphatic rings. The number of benzene rings is 2. The fraction of sp³-hybridized carbons (Fsp3) is 0.350. The van der Waals surface area contributed by atoms with Crippen molar-refractivity contribution < 1.29 is 19.3 Å². The lowest BCUT2D eigenvalue weighted by atomic mass is 10.2. The minimum absolute atomic E-state index is 0.228. The minimum atomic E-state index is -0.651. The van der Waals surface area contributed by atoms with Crippen molar-refractivity contribution >= 4 is 22.6 Å². The number of imidazole rings is 1. The van der Waals surface area contributed by atoms with E-state index in [0.717, 1.165) is 22.4 Å². The molecule has 1 aromatic heterocycles. The lowest BCUT2D eigenvalue weighted by Crippen LogP contribution is -2.22. The first-order valence-electron chi connectivity index (χ1n) is 8.87. The van der Waals surface area contributed by atoms with E-state index < -0.39 is 6.10 Å². The second-order valence-electron chi connectivity index (χ2n) is 6.55. The van der Waals surface area contributed by atoms with E-state index in [2.05, 4.69) is 4.98 Å². The highest BCUT2D eigenvalue weighted by molar-refractivity contribution is 6.30. The van der Waals surface area contributed by atoms with Crippen molar-refractivity contribution in [3.05, 3.63) is 52.8 Å². The van der Waals surface area contributed by atoms with Crippen LogP contribution in [0.25, 0.3) is 11.0 Å². The molecule has 0 bridgehead atoms. The Bertz CT molecular complexity index is 939. The molecule has 7 heteroatoms. The maximum atomic E-state index is 10.4. The van der Waals surface area contributed by atoms with Gasteiger partial charge in [-0.25, -0.2) is 4.98 Å². The number of nitrogens with zero attached hydrogens (tertiary/aromatic N) is 2. The van der Waals surface area contributed by atoms with E-state index in [0.29, 0.717) is 42.9 Å². The molecule has 3 aromatic rings. The molecule has 0 saturated heterocycles. The first-order valence-corrected chi connectivity index (χ1v) is 9.24. The van der Waals surface area contributed by atoms with Gasteiger partial charge in [0.15, 0.2) is 11.5 Å². The number of ether oxygens (including phenoxy) is 3. The molecular weight excluding hydrogens is 368 g/mol. The van der Waals surface area contributed by atoms with Crippen LogP contribution < -0.4 is 9.47 Å². The fourth-order valence-electron chi connectivity index (χ4n) is 3.17. The van der Waals surface area contributed by atoms with Crippen molar-refractivity contribution in [2.75, 3.05) is 19.8 Å². The summed E-state index contributed by atoms with van der Waals surface area (Å²) in [7, 11) is 0. The Hall–Kier alpha value is -2.28. The molecule has 4 rings (SSSR count). The van der Waals surface area contributed by atoms with Gasteiger partial charge in [0, 0.05) is 17.2 Å². The molecule has 2 heterocycles. The van der Waals surface area contributed by atoms with Crippen molar-refractivity contribution in [3.63, 3.8) is 0 Å². The monoisotopic (exact) mass is 388 g/mol. The van der Waals surface area contributed by atoms with Crippen LogP contribution in [0.3, 0.4) is 0 Å². The Morgan fingerprint density at radius 2 is 1.89 bits per heavy atom. The normalized spacial score (nSPS) is 14.5. The van der Waals surface area contributed by atoms with Crippen LogP contribution in [0.4, 0.5) is 0 Å². The van der Waals surface area contributed by atoms with Gasteiger partial charge < -0.3 is 23.9 Å². The number of aliphatic hydroxyl groups excluding tert-OH is 1. The number of hydrogen-bond donors (Lipinski definition) is 1. The lowest BCUT2D eigenvalue weighted by Gasteiger charge is -2.19. The molecule has 0 saturated carbocycles. The van der Waals surface area contributed by atoms with Crippen molar-refractivity contribution in [1.29, 1.82) is 0 Å². The SMILES string of the molecule is Cc1nc2cc3c(cc2n1CC(O)COCc1ccc(Cl)cc1)OCCO3. The van der Waals surface area contributed by atoms with E-state index in [1.54, 1.807) is 0 Å². The van der Waals surface area contributed by atoms with Crippen LogP contribution in [-0.2, 0) is 17.9 Å². The number of aryl methyl sites for hydroxylation is 1. The largest absolute Gasteiger partial charge is 0.486 e. The molecule has 0 aliphatic carbocycles. The highest BCUT2D eigenvalue weighted by Crippen LogP contribution is 2.34. The molecule has 6 nitrogen and oxygen atoms in total. The van der Waals surface area contributed by atoms with Gasteiger partial charge in [0.1, 0.15) is 19.0 Å². The average molecular weight is 389 g/mol. The third kappa shape index (κ3) is 4.03. The molecule has 0 fully saturated rings. The summed E-state index contributed by atoms with van der Waals surface area (Å²) in [6, 6.07) is 11.3. The van der Waals surface area contributed by atoms with Crippen LogP contribution in [0.5, 0.6) is 11.5 Å². The molecule has 27 heavy (non-hydrogen) atoms. The van der Waals surface area contributed by atoms with E-state index in [-0.39, 0.29) is 6.61 Å². The summed E-state index contributed by atoms with van der Waals surface area (Å²) < 4.78 is 18.9. The zero-order valence-electron chi connectivity index (χ0n) is 15.0. The summed E-state index contributed by atoms with van der Waals surface area (Å²) in [5.74, 6) is 2.25. The molecule has 2 aromatic carbocycles. The Morgan fingerprint density at radius 3 is 2.63 bits per heavy atom. The van der Waals surface area contributed by atoms with Crippen molar-refractivity contribution in [3.8, 4) is 11.5 Å². The number of hydrogen-bond acceptors (Lipinski definition) is 5. The number of halogens is 1. The highest BCUT2D eigenvalue weighted by atomic mass is 35.5. The molecule has 1 atom stereocenters. The third-order valence-electron chi connectivity index (χ3n) is 4.49. The molecule has 142 valence electrons. The van der Waals surface area contributed by atoms with Gasteiger partial charge in [0.2, 0.25) is 0 Å². The topological polar surface area (TPSA) is 65.7 Å². The molecular formula is C20H21ClN2O4. The summed E-state index contributed by atoms with van der Waals surface area (Å²) in [5, 5.41) is 11.1. The molecule has 1 N–H and O–H groups in total. The molecule has 0 spiro atoms. The molecule has 1 aliphatic heterocycles. The summed E-state index contributed by atoms with van der Waals surface area (Å²) in [6.45, 7) is 4.04. The van der Waals surface area contributed by atoms with Crippen LogP contribution >= 0.6 is 11.6 Å². The predicted octanol–water partition coefficient (Wildman–Crippen LogP) is 3.35. The zero-order chi connectivity index (χ0) is 18.8. The van der Waals surface area contributed by atoms with Crippen LogP contribution in [-0.4, -0.2) is 40.6 Å². The predicted molar refractivity (Wildman–Crippen MR) is 103 cm³/mol. The van der Waals surface area contributed by atoms with Gasteiger partial charge in [-0.3, -0.25) is 0 Å². The quantitative estimate of drug-likeness (QED) is 0.701. The standard InChI is InChI=1S/C20H21ClN2O4/c1-13-22-17-8-19-20(27-7-6-26-19)9-18(17)23(13)10-16(24)12-25-11-14-2-4-15(21)5-3-14/h2-5,8-9,16,24H,6-7,10-12H2,1H3. The Kier molecular flexibility index (Phi) is 5.20. The molecule has 1 unspecified atom stereocenters. The molecule has 0 amide bonds. The number of fused-ring (bicyclic) bond motifs is 2. The van der Waals surface area contributed by atoms with Crippen LogP contribution in [0.15, 0.2) is 36.4 Å². The van der Waals surface area contributed by atoms with E-state index in [1.807, 2.05) is 47.9 Å². The third-order valence-corrected chi connectivity index (χ3v) is 4.74. The fourth-order valence-corrected chi connectivity index (χ4v) is 3.30. The van der Waals surface area contributed by atoms with Gasteiger partial charge in [0.25, 0.3) is 0 Å². The van der Waals surface area contributed by atoms with Gasteiger partial charge in [-0.2, -0.15) is 0 Å². The zero-order valence-corrected chi connectivity index (χ0v) is 15.8. The Balaban J connectivity index is 1.42. The lowest BCUT2D eigenvalue weighted by molar-refractivity contribution is 0.0206. The summed E-state index contributed by atoms with van der Waals surface area (Å²) in [5.41, 5.74) is 2.75. The average Bonchev–Trinajstić information content (AvgIpc) is 2.96. The van der Waals surface area contributed by atoms with Gasteiger partial charge in [0.05, 0.1) is 36.9 Å². The maximum absolute atomic E-state index is 10.4. The van der Waals surface area contributed by atoms with Crippen LogP contribution in [0.1, 0.15) is 11.4 Å². The van der Waals surface area contributed by atoms with E-state index in [1.165, 1.54) is 0 Å². The van der Waals surface area contributed by atoms with Crippen molar-refractivity contribution in [1.82, 2.24) is 9.55 Å². The smallest absolute Gasteiger partial charge is 0.163 e. The summed E-state index contributed by atoms with van der Waals surface area (Å²) in [4.78, 5) is 4.57. The second kappa shape index (κ2) is 7.76. The van der Waals surface area contributed by atoms with Crippen molar-refractivity contribution in [2.45, 2.75) is 26.2 Å². The van der Waals surface area contributed by atoms with Gasteiger partial charge in [-0.1, -0.05) is 23.7 Å². The molecule has 0 radical (unpaired) electrons. The Morgan fingerprint density at radius 1 is 1.19 bits per heavy atom. The minimum Gasteiger partial charge on any atom is -0.486 e. The van der Waals surface area contributed by atoms with Crippen molar-refractivity contribution in [2.24, 2.45) is 0 Å². The maximum Gasteiger partial charge on any atom is 0.163 e. The summed E-state index contributed by atoms with van der Waals surface area (Å²) in [6.07, 6.45) is -0.651. The number of aliphatic hydroxyl groups is 1. The highest BCUT2D eigenvalue weighted by Gasteiger charge is 2.18. The number of rotatable bonds is 6. The van der Waals surface area contributed by atoms with E-state index >= 15 is 0 Å². The first kappa shape index (κ1) is 18.1. The van der Waals surface area contributed by atoms with E-state index in [9.17, 15) is 5.11 Å². The second-order valence-corrected chi connectivity index (χ2v) is 6.99. The van der Waals surface area contributed by atoms with Gasteiger partial charge in [-0.05, 0) is 24.6 Å². The van der Waals surface area contributed by atoms with Crippen LogP contribution in [0.2, 0.25) is 5.02 Å². The summed E-state index contributed by atoms with van der Waals surface area (Å²) >= 11 is 5.88. The van der Waals surface area contributed by atoms with Gasteiger partial charge in [-0.15, -0.1) is 0 Å². The van der Waals surface area contributed by atoms with Gasteiger partial charge >= 0.3 is 0 Å². The van der Waals surface area contributed by atoms with E-state index in [4.69, 9.17) is 25.8 Å². The first-order chi connectivity index (χ1) is 13.1. The van der Waals surface area contributed by atoms with Crippen LogP contribution in [0, 0.1) is 6.92 Å². The Labute approximate surface area is 162 Å². The number of aromatic nitrogens is 2.